The first kappa shape index (κ1) is 24.1. The second kappa shape index (κ2) is 8.49. The molecule has 0 amide bonds. The molecular weight excluding hydrogens is 552 g/mol. The largest absolute Gasteiger partial charge is 0.399 e. The zero-order chi connectivity index (χ0) is 29.7. The minimum Gasteiger partial charge on any atom is -0.399 e. The van der Waals surface area contributed by atoms with Gasteiger partial charge < -0.3 is 32.9 Å². The van der Waals surface area contributed by atoms with Gasteiger partial charge in [0.05, 0.1) is 5.39 Å². The molecule has 9 rings (SSSR count). The van der Waals surface area contributed by atoms with Crippen LogP contribution in [0.5, 0.6) is 0 Å². The number of nitrogens with two attached hydrogens (primary N) is 4. The lowest BCUT2D eigenvalue weighted by molar-refractivity contribution is 1.19. The number of rotatable bonds is 0. The van der Waals surface area contributed by atoms with E-state index in [0.29, 0.717) is 74.0 Å². The molecule has 0 radical (unpaired) electrons. The fourth-order valence-electron chi connectivity index (χ4n) is 5.92. The summed E-state index contributed by atoms with van der Waals surface area (Å²) in [5.41, 5.74) is 32.7. The Morgan fingerprint density at radius 1 is 0.409 bits per heavy atom. The SMILES string of the molecule is Nc1ccc2c(c1)-c1nc-2nc2[nH]c(nc3nc(nc4[nH]c(n1)c1ccc(N)cc41)-c1ccc(N)cc1-3)c1c(N)cccc21. The Morgan fingerprint density at radius 2 is 0.909 bits per heavy atom. The van der Waals surface area contributed by atoms with Crippen LogP contribution < -0.4 is 22.9 Å². The lowest BCUT2D eigenvalue weighted by Gasteiger charge is -2.00. The summed E-state index contributed by atoms with van der Waals surface area (Å²) < 4.78 is 0. The summed E-state index contributed by atoms with van der Waals surface area (Å²) in [6.45, 7) is 0. The topological polar surface area (TPSA) is 213 Å². The van der Waals surface area contributed by atoms with Crippen molar-refractivity contribution in [3.8, 4) is 45.6 Å². The van der Waals surface area contributed by atoms with Crippen molar-refractivity contribution in [1.29, 1.82) is 0 Å². The van der Waals surface area contributed by atoms with Crippen LogP contribution in [0.2, 0.25) is 0 Å². The summed E-state index contributed by atoms with van der Waals surface area (Å²) in [7, 11) is 0. The fraction of sp³-hybridized carbons (Fsp3) is 0. The van der Waals surface area contributed by atoms with Gasteiger partial charge in [-0.2, -0.15) is 0 Å². The Labute approximate surface area is 247 Å². The van der Waals surface area contributed by atoms with Crippen LogP contribution in [-0.2, 0) is 0 Å². The minimum absolute atomic E-state index is 0.436. The van der Waals surface area contributed by atoms with E-state index in [1.54, 1.807) is 0 Å². The van der Waals surface area contributed by atoms with Crippen molar-refractivity contribution in [3.05, 3.63) is 72.8 Å². The molecule has 0 atom stereocenters. The van der Waals surface area contributed by atoms with Gasteiger partial charge in [-0.15, -0.1) is 0 Å². The quantitative estimate of drug-likeness (QED) is 0.130. The van der Waals surface area contributed by atoms with E-state index in [1.165, 1.54) is 0 Å². The Bertz CT molecular complexity index is 2560. The van der Waals surface area contributed by atoms with Crippen LogP contribution >= 0.6 is 0 Å². The summed E-state index contributed by atoms with van der Waals surface area (Å²) in [5, 5.41) is 3.11. The first-order valence-electron chi connectivity index (χ1n) is 13.8. The van der Waals surface area contributed by atoms with Gasteiger partial charge in [0.15, 0.2) is 23.3 Å². The van der Waals surface area contributed by atoms with Crippen molar-refractivity contribution in [2.75, 3.05) is 22.9 Å². The van der Waals surface area contributed by atoms with Crippen LogP contribution in [-0.4, -0.2) is 39.9 Å². The maximum absolute atomic E-state index is 6.50. The summed E-state index contributed by atoms with van der Waals surface area (Å²) in [4.78, 5) is 36.4. The van der Waals surface area contributed by atoms with E-state index in [0.717, 1.165) is 38.4 Å². The third-order valence-corrected chi connectivity index (χ3v) is 7.96. The molecule has 3 aromatic heterocycles. The number of fused-ring (bicyclic) bond motifs is 20. The monoisotopic (exact) mass is 574 g/mol. The molecule has 0 aliphatic carbocycles. The average Bonchev–Trinajstić information content (AvgIpc) is 3.72. The van der Waals surface area contributed by atoms with Gasteiger partial charge in [0.2, 0.25) is 0 Å². The van der Waals surface area contributed by atoms with Gasteiger partial charge in [0.1, 0.15) is 22.6 Å². The predicted molar refractivity (Wildman–Crippen MR) is 174 cm³/mol. The highest BCUT2D eigenvalue weighted by Gasteiger charge is 2.23. The molecule has 4 aromatic carbocycles. The van der Waals surface area contributed by atoms with Gasteiger partial charge in [-0.3, -0.25) is 0 Å². The van der Waals surface area contributed by atoms with Crippen molar-refractivity contribution >= 4 is 66.9 Å². The van der Waals surface area contributed by atoms with E-state index in [4.69, 9.17) is 52.8 Å². The molecular formula is C32H22N12. The molecule has 0 fully saturated rings. The number of hydrogen-bond acceptors (Lipinski definition) is 10. The van der Waals surface area contributed by atoms with Crippen molar-refractivity contribution in [3.63, 3.8) is 0 Å². The first-order chi connectivity index (χ1) is 21.4. The maximum atomic E-state index is 6.50. The van der Waals surface area contributed by atoms with Crippen molar-refractivity contribution in [2.45, 2.75) is 0 Å². The van der Waals surface area contributed by atoms with Gasteiger partial charge in [-0.1, -0.05) is 12.1 Å². The minimum atomic E-state index is 0.436. The number of aromatic amines is 2. The third kappa shape index (κ3) is 3.45. The maximum Gasteiger partial charge on any atom is 0.164 e. The number of aromatic nitrogens is 8. The second-order valence-corrected chi connectivity index (χ2v) is 10.8. The first-order valence-corrected chi connectivity index (χ1v) is 13.8. The highest BCUT2D eigenvalue weighted by atomic mass is 15.1. The molecule has 5 heterocycles. The lowest BCUT2D eigenvalue weighted by atomic mass is 10.1. The van der Waals surface area contributed by atoms with Gasteiger partial charge >= 0.3 is 0 Å². The molecule has 2 aliphatic heterocycles. The van der Waals surface area contributed by atoms with Gasteiger partial charge in [0, 0.05) is 61.2 Å². The zero-order valence-electron chi connectivity index (χ0n) is 22.9. The van der Waals surface area contributed by atoms with E-state index in [1.807, 2.05) is 72.8 Å². The van der Waals surface area contributed by atoms with Crippen LogP contribution in [0.3, 0.4) is 0 Å². The van der Waals surface area contributed by atoms with Crippen LogP contribution in [0.25, 0.3) is 89.7 Å². The summed E-state index contributed by atoms with van der Waals surface area (Å²) in [6.07, 6.45) is 0. The standard InChI is InChI=1S/C32H22N12/c33-13-4-7-16-20(10-13)29-38-25(16)37-28-19-2-1-3-23(36)24(19)32(43-28)44-31-22-12-15(35)6-9-18(22)27(42-31)41-30-21-11-14(34)5-8-17(21)26(39-29)40-30/h1-12H,33-36H2,(H2,37,38,39,40,41,42,43,44). The normalized spacial score (nSPS) is 12.0. The number of nitrogens with zero attached hydrogens (tertiary/aromatic N) is 6. The average molecular weight is 575 g/mol. The molecule has 10 N–H and O–H groups in total. The molecule has 2 aliphatic rings. The summed E-state index contributed by atoms with van der Waals surface area (Å²) in [5.74, 6) is 1.83. The number of benzene rings is 4. The molecule has 0 saturated carbocycles. The lowest BCUT2D eigenvalue weighted by Crippen LogP contribution is -1.88. The van der Waals surface area contributed by atoms with E-state index in [9.17, 15) is 0 Å². The molecule has 210 valence electrons. The Morgan fingerprint density at radius 3 is 1.57 bits per heavy atom. The Balaban J connectivity index is 1.52. The molecule has 7 aromatic rings. The Hall–Kier alpha value is -6.56. The van der Waals surface area contributed by atoms with Crippen molar-refractivity contribution in [1.82, 2.24) is 39.9 Å². The van der Waals surface area contributed by atoms with Crippen LogP contribution in [0.4, 0.5) is 22.7 Å². The van der Waals surface area contributed by atoms with Crippen molar-refractivity contribution < 1.29 is 0 Å². The van der Waals surface area contributed by atoms with Crippen LogP contribution in [0.15, 0.2) is 72.8 Å². The molecule has 0 saturated heterocycles. The number of nitrogen functional groups attached to an aromatic ring is 4. The molecule has 0 spiro atoms. The van der Waals surface area contributed by atoms with Crippen molar-refractivity contribution in [2.24, 2.45) is 0 Å². The predicted octanol–water partition coefficient (Wildman–Crippen LogP) is 5.20. The highest BCUT2D eigenvalue weighted by molar-refractivity contribution is 6.11. The fourth-order valence-corrected chi connectivity index (χ4v) is 5.92. The number of H-pyrrole nitrogens is 2. The second-order valence-electron chi connectivity index (χ2n) is 10.8. The highest BCUT2D eigenvalue weighted by Crippen LogP contribution is 2.38. The van der Waals surface area contributed by atoms with Crippen LogP contribution in [0, 0.1) is 0 Å². The van der Waals surface area contributed by atoms with E-state index >= 15 is 0 Å². The number of nitrogens with one attached hydrogen (secondary N) is 2. The number of anilines is 4. The smallest absolute Gasteiger partial charge is 0.164 e. The molecule has 8 bridgehead atoms. The third-order valence-electron chi connectivity index (χ3n) is 7.96. The summed E-state index contributed by atoms with van der Waals surface area (Å²) in [6, 6.07) is 22.3. The molecule has 44 heavy (non-hydrogen) atoms. The van der Waals surface area contributed by atoms with E-state index in [-0.39, 0.29) is 0 Å². The zero-order valence-corrected chi connectivity index (χ0v) is 22.9. The van der Waals surface area contributed by atoms with E-state index in [2.05, 4.69) is 9.97 Å². The molecule has 0 unspecified atom stereocenters. The van der Waals surface area contributed by atoms with Gasteiger partial charge in [-0.25, -0.2) is 29.9 Å². The van der Waals surface area contributed by atoms with E-state index < -0.39 is 0 Å². The molecule has 12 heteroatoms. The van der Waals surface area contributed by atoms with Crippen LogP contribution in [0.1, 0.15) is 0 Å². The van der Waals surface area contributed by atoms with Gasteiger partial charge in [0.25, 0.3) is 0 Å². The van der Waals surface area contributed by atoms with Gasteiger partial charge in [-0.05, 0) is 60.7 Å². The summed E-state index contributed by atoms with van der Waals surface area (Å²) >= 11 is 0. The molecule has 12 nitrogen and oxygen atoms in total. The number of hydrogen-bond donors (Lipinski definition) is 6. The Kier molecular flexibility index (Phi) is 4.64.